The number of halogens is 2. The molecule has 0 aliphatic carbocycles. The van der Waals surface area contributed by atoms with Gasteiger partial charge in [-0.05, 0) is 34.1 Å². The first-order valence-corrected chi connectivity index (χ1v) is 5.89. The monoisotopic (exact) mass is 278 g/mol. The number of esters is 2. The summed E-state index contributed by atoms with van der Waals surface area (Å²) in [7, 11) is 0. The van der Waals surface area contributed by atoms with E-state index in [2.05, 4.69) is 16.1 Å². The number of hydrogen-bond acceptors (Lipinski definition) is 4. The molecule has 110 valence electrons. The van der Waals surface area contributed by atoms with Crippen LogP contribution in [0, 0.1) is 0 Å². The minimum atomic E-state index is -3.90. The van der Waals surface area contributed by atoms with Crippen molar-refractivity contribution in [2.45, 2.75) is 58.7 Å². The van der Waals surface area contributed by atoms with Gasteiger partial charge in [0.25, 0.3) is 0 Å². The molecule has 0 aliphatic rings. The zero-order valence-electron chi connectivity index (χ0n) is 11.9. The highest BCUT2D eigenvalue weighted by atomic mass is 19.3. The van der Waals surface area contributed by atoms with Crippen molar-refractivity contribution in [2.75, 3.05) is 0 Å². The molecule has 19 heavy (non-hydrogen) atoms. The van der Waals surface area contributed by atoms with Crippen molar-refractivity contribution in [2.24, 2.45) is 0 Å². The first-order chi connectivity index (χ1) is 8.41. The van der Waals surface area contributed by atoms with E-state index in [9.17, 15) is 18.4 Å². The van der Waals surface area contributed by atoms with Crippen LogP contribution >= 0.6 is 0 Å². The number of alkyl halides is 2. The average molecular weight is 278 g/mol. The summed E-state index contributed by atoms with van der Waals surface area (Å²) in [4.78, 5) is 22.7. The third kappa shape index (κ3) is 5.36. The van der Waals surface area contributed by atoms with Gasteiger partial charge in [0.15, 0.2) is 6.10 Å². The zero-order chi connectivity index (χ0) is 15.4. The lowest BCUT2D eigenvalue weighted by Crippen LogP contribution is -2.47. The summed E-state index contributed by atoms with van der Waals surface area (Å²) in [6.07, 6.45) is -2.09. The third-order valence-electron chi connectivity index (χ3n) is 2.04. The molecule has 0 unspecified atom stereocenters. The topological polar surface area (TPSA) is 52.6 Å². The van der Waals surface area contributed by atoms with Gasteiger partial charge < -0.3 is 9.47 Å². The highest BCUT2D eigenvalue weighted by Gasteiger charge is 2.51. The van der Waals surface area contributed by atoms with E-state index in [1.165, 1.54) is 34.6 Å². The van der Waals surface area contributed by atoms with Gasteiger partial charge in [-0.15, -0.1) is 0 Å². The van der Waals surface area contributed by atoms with E-state index in [1.54, 1.807) is 0 Å². The summed E-state index contributed by atoms with van der Waals surface area (Å²) >= 11 is 0. The molecule has 1 atom stereocenters. The number of rotatable bonds is 5. The Bertz CT molecular complexity index is 369. The number of carbonyl (C=O) groups excluding carboxylic acids is 2. The largest absolute Gasteiger partial charge is 0.455 e. The number of ether oxygens (including phenoxy) is 2. The van der Waals surface area contributed by atoms with Gasteiger partial charge in [-0.25, -0.2) is 9.59 Å². The molecule has 0 spiro atoms. The Morgan fingerprint density at radius 1 is 1.26 bits per heavy atom. The molecule has 0 aromatic rings. The van der Waals surface area contributed by atoms with Crippen molar-refractivity contribution in [3.05, 3.63) is 12.2 Å². The molecule has 0 aromatic carbocycles. The lowest BCUT2D eigenvalue weighted by atomic mass is 10.1. The van der Waals surface area contributed by atoms with E-state index in [-0.39, 0.29) is 12.0 Å². The van der Waals surface area contributed by atoms with E-state index < -0.39 is 29.6 Å². The molecule has 0 aromatic heterocycles. The van der Waals surface area contributed by atoms with Crippen LogP contribution < -0.4 is 0 Å². The highest BCUT2D eigenvalue weighted by Crippen LogP contribution is 2.28. The lowest BCUT2D eigenvalue weighted by Gasteiger charge is -2.28. The molecule has 0 aliphatic heterocycles. The van der Waals surface area contributed by atoms with Crippen LogP contribution in [0.15, 0.2) is 12.2 Å². The first-order valence-electron chi connectivity index (χ1n) is 5.89. The summed E-state index contributed by atoms with van der Waals surface area (Å²) in [6, 6.07) is 0. The predicted octanol–water partition coefficient (Wildman–Crippen LogP) is 2.86. The molecule has 0 saturated carbocycles. The second-order valence-electron chi connectivity index (χ2n) is 5.21. The second-order valence-corrected chi connectivity index (χ2v) is 5.21. The SMILES string of the molecule is C=C(C)C(=O)O[C@H](CC)C(F)(F)C(=O)OC(C)(C)C. The first kappa shape index (κ1) is 17.5. The predicted molar refractivity (Wildman–Crippen MR) is 65.8 cm³/mol. The highest BCUT2D eigenvalue weighted by molar-refractivity contribution is 5.87. The molecule has 0 rings (SSSR count). The van der Waals surface area contributed by atoms with E-state index in [1.807, 2.05) is 0 Å². The van der Waals surface area contributed by atoms with Crippen molar-refractivity contribution >= 4 is 11.9 Å². The van der Waals surface area contributed by atoms with Gasteiger partial charge in [-0.2, -0.15) is 8.78 Å². The number of hydrogen-bond donors (Lipinski definition) is 0. The minimum Gasteiger partial charge on any atom is -0.455 e. The van der Waals surface area contributed by atoms with E-state index in [0.29, 0.717) is 0 Å². The smallest absolute Gasteiger partial charge is 0.381 e. The fourth-order valence-corrected chi connectivity index (χ4v) is 1.12. The van der Waals surface area contributed by atoms with Crippen molar-refractivity contribution in [3.63, 3.8) is 0 Å². The van der Waals surface area contributed by atoms with E-state index in [4.69, 9.17) is 0 Å². The maximum atomic E-state index is 13.9. The van der Waals surface area contributed by atoms with Gasteiger partial charge in [-0.1, -0.05) is 13.5 Å². The quantitative estimate of drug-likeness (QED) is 0.573. The van der Waals surface area contributed by atoms with Crippen LogP contribution in [0.2, 0.25) is 0 Å². The zero-order valence-corrected chi connectivity index (χ0v) is 11.9. The fraction of sp³-hybridized carbons (Fsp3) is 0.692. The Balaban J connectivity index is 4.97. The molecule has 0 bridgehead atoms. The van der Waals surface area contributed by atoms with Crippen LogP contribution in [-0.2, 0) is 19.1 Å². The summed E-state index contributed by atoms with van der Waals surface area (Å²) in [5, 5.41) is 0. The molecule has 6 heteroatoms. The molecule has 4 nitrogen and oxygen atoms in total. The van der Waals surface area contributed by atoms with Gasteiger partial charge in [0.2, 0.25) is 0 Å². The second kappa shape index (κ2) is 6.12. The van der Waals surface area contributed by atoms with Crippen LogP contribution in [0.3, 0.4) is 0 Å². The molecule has 0 saturated heterocycles. The van der Waals surface area contributed by atoms with Crippen molar-refractivity contribution in [1.82, 2.24) is 0 Å². The maximum Gasteiger partial charge on any atom is 0.381 e. The van der Waals surface area contributed by atoms with Crippen LogP contribution in [0.1, 0.15) is 41.0 Å². The molecule has 0 amide bonds. The molecule has 0 heterocycles. The normalized spacial score (nSPS) is 13.6. The van der Waals surface area contributed by atoms with Gasteiger partial charge in [0.05, 0.1) is 0 Å². The molecule has 0 N–H and O–H groups in total. The Morgan fingerprint density at radius 2 is 1.74 bits per heavy atom. The van der Waals surface area contributed by atoms with Gasteiger partial charge in [0, 0.05) is 5.57 Å². The van der Waals surface area contributed by atoms with E-state index >= 15 is 0 Å². The summed E-state index contributed by atoms with van der Waals surface area (Å²) < 4.78 is 36.9. The van der Waals surface area contributed by atoms with Crippen LogP contribution in [0.5, 0.6) is 0 Å². The molecular weight excluding hydrogens is 258 g/mol. The molecule has 0 radical (unpaired) electrons. The summed E-state index contributed by atoms with van der Waals surface area (Å²) in [6.45, 7) is 10.4. The van der Waals surface area contributed by atoms with Gasteiger partial charge in [0.1, 0.15) is 5.60 Å². The average Bonchev–Trinajstić information content (AvgIpc) is 2.22. The summed E-state index contributed by atoms with van der Waals surface area (Å²) in [5.74, 6) is -6.57. The molecule has 0 fully saturated rings. The number of carbonyl (C=O) groups is 2. The Labute approximate surface area is 111 Å². The summed E-state index contributed by atoms with van der Waals surface area (Å²) in [5.41, 5.74) is -1.06. The standard InChI is InChI=1S/C13H20F2O4/c1-7-9(18-10(16)8(2)3)13(14,15)11(17)19-12(4,5)6/h9H,2,7H2,1,3-6H3/t9-/m1/s1. The Hall–Kier alpha value is -1.46. The Kier molecular flexibility index (Phi) is 5.65. The third-order valence-corrected chi connectivity index (χ3v) is 2.04. The fourth-order valence-electron chi connectivity index (χ4n) is 1.12. The molecular formula is C13H20F2O4. The van der Waals surface area contributed by atoms with Crippen molar-refractivity contribution in [3.8, 4) is 0 Å². The lowest BCUT2D eigenvalue weighted by molar-refractivity contribution is -0.205. The maximum absolute atomic E-state index is 13.9. The minimum absolute atomic E-state index is 0.0153. The van der Waals surface area contributed by atoms with Crippen LogP contribution in [0.25, 0.3) is 0 Å². The van der Waals surface area contributed by atoms with Crippen LogP contribution in [0.4, 0.5) is 8.78 Å². The van der Waals surface area contributed by atoms with Gasteiger partial charge in [-0.3, -0.25) is 0 Å². The van der Waals surface area contributed by atoms with Crippen molar-refractivity contribution < 1.29 is 27.8 Å². The van der Waals surface area contributed by atoms with E-state index in [0.717, 1.165) is 0 Å². The van der Waals surface area contributed by atoms with Crippen molar-refractivity contribution in [1.29, 1.82) is 0 Å². The van der Waals surface area contributed by atoms with Gasteiger partial charge >= 0.3 is 17.9 Å². The van der Waals surface area contributed by atoms with Crippen LogP contribution in [-0.4, -0.2) is 29.6 Å². The Morgan fingerprint density at radius 3 is 2.05 bits per heavy atom.